The maximum Gasteiger partial charge on any atom is 0.273 e. The molecule has 0 spiro atoms. The molecular weight excluding hydrogens is 314 g/mol. The molecule has 6 nitrogen and oxygen atoms in total. The maximum absolute atomic E-state index is 12.1. The molecule has 23 heavy (non-hydrogen) atoms. The molecule has 1 amide bonds. The van der Waals surface area contributed by atoms with Gasteiger partial charge in [-0.3, -0.25) is 4.79 Å². The fraction of sp³-hybridized carbons (Fsp3) is 0.438. The molecule has 1 saturated heterocycles. The Balaban J connectivity index is 0.00000192. The highest BCUT2D eigenvalue weighted by molar-refractivity contribution is 5.91. The molecule has 3 rings (SSSR count). The Morgan fingerprint density at radius 3 is 2.70 bits per heavy atom. The topological polar surface area (TPSA) is 71.8 Å². The summed E-state index contributed by atoms with van der Waals surface area (Å²) >= 11 is 0. The monoisotopic (exact) mass is 335 g/mol. The van der Waals surface area contributed by atoms with Gasteiger partial charge >= 0.3 is 0 Å². The van der Waals surface area contributed by atoms with E-state index in [4.69, 9.17) is 0 Å². The van der Waals surface area contributed by atoms with Crippen LogP contribution in [0, 0.1) is 6.92 Å². The lowest BCUT2D eigenvalue weighted by Gasteiger charge is -2.22. The van der Waals surface area contributed by atoms with E-state index < -0.39 is 0 Å². The van der Waals surface area contributed by atoms with Crippen molar-refractivity contribution < 1.29 is 4.79 Å². The first-order valence-electron chi connectivity index (χ1n) is 7.68. The molecular formula is C16H22ClN5O. The van der Waals surface area contributed by atoms with Gasteiger partial charge in [0, 0.05) is 6.54 Å². The minimum atomic E-state index is -0.180. The van der Waals surface area contributed by atoms with Gasteiger partial charge in [0.05, 0.1) is 12.2 Å². The molecule has 2 aromatic rings. The summed E-state index contributed by atoms with van der Waals surface area (Å²) in [6.07, 6.45) is 3.79. The number of hydrogen-bond acceptors (Lipinski definition) is 4. The summed E-state index contributed by atoms with van der Waals surface area (Å²) in [4.78, 5) is 12.1. The Hall–Kier alpha value is -1.92. The Morgan fingerprint density at radius 1 is 1.30 bits per heavy atom. The molecule has 124 valence electrons. The van der Waals surface area contributed by atoms with Crippen molar-refractivity contribution in [2.24, 2.45) is 0 Å². The van der Waals surface area contributed by atoms with E-state index in [1.54, 1.807) is 6.20 Å². The van der Waals surface area contributed by atoms with Crippen LogP contribution in [0.15, 0.2) is 30.5 Å². The third-order valence-electron chi connectivity index (χ3n) is 4.00. The third-order valence-corrected chi connectivity index (χ3v) is 4.00. The second kappa shape index (κ2) is 8.08. The fourth-order valence-corrected chi connectivity index (χ4v) is 2.61. The van der Waals surface area contributed by atoms with E-state index in [0.29, 0.717) is 18.3 Å². The molecule has 0 unspecified atom stereocenters. The van der Waals surface area contributed by atoms with Crippen LogP contribution in [0.3, 0.4) is 0 Å². The van der Waals surface area contributed by atoms with Crippen LogP contribution in [0.1, 0.15) is 40.5 Å². The number of amides is 1. The molecule has 0 atom stereocenters. The zero-order chi connectivity index (χ0) is 15.4. The molecule has 1 aromatic heterocycles. The Labute approximate surface area is 142 Å². The minimum Gasteiger partial charge on any atom is -0.347 e. The zero-order valence-corrected chi connectivity index (χ0v) is 14.0. The second-order valence-corrected chi connectivity index (χ2v) is 5.73. The van der Waals surface area contributed by atoms with Crippen LogP contribution in [-0.4, -0.2) is 34.0 Å². The highest BCUT2D eigenvalue weighted by atomic mass is 35.5. The lowest BCUT2D eigenvalue weighted by molar-refractivity contribution is 0.0946. The number of nitrogens with one attached hydrogen (secondary N) is 2. The quantitative estimate of drug-likeness (QED) is 0.894. The molecule has 0 bridgehead atoms. The Kier molecular flexibility index (Phi) is 6.12. The van der Waals surface area contributed by atoms with E-state index in [2.05, 4.69) is 20.9 Å². The number of halogens is 1. The number of benzene rings is 1. The largest absolute Gasteiger partial charge is 0.347 e. The van der Waals surface area contributed by atoms with E-state index in [1.165, 1.54) is 5.56 Å². The molecule has 2 heterocycles. The Bertz CT molecular complexity index is 634. The van der Waals surface area contributed by atoms with Crippen molar-refractivity contribution in [3.8, 4) is 0 Å². The van der Waals surface area contributed by atoms with Gasteiger partial charge in [0.2, 0.25) is 0 Å². The number of rotatable bonds is 4. The molecule has 1 aliphatic heterocycles. The number of hydrogen-bond donors (Lipinski definition) is 2. The van der Waals surface area contributed by atoms with Gasteiger partial charge in [0.25, 0.3) is 5.91 Å². The standard InChI is InChI=1S/C16H21N5O.ClH/c1-12-2-4-13(5-3-12)10-18-16(22)15-11-21(20-19-15)14-6-8-17-9-7-14;/h2-5,11,14,17H,6-10H2,1H3,(H,18,22);1H. The van der Waals surface area contributed by atoms with Gasteiger partial charge in [-0.15, -0.1) is 17.5 Å². The summed E-state index contributed by atoms with van der Waals surface area (Å²) in [5.41, 5.74) is 2.66. The first kappa shape index (κ1) is 17.4. The molecule has 1 fully saturated rings. The summed E-state index contributed by atoms with van der Waals surface area (Å²) < 4.78 is 1.82. The molecule has 2 N–H and O–H groups in total. The van der Waals surface area contributed by atoms with Crippen LogP contribution < -0.4 is 10.6 Å². The summed E-state index contributed by atoms with van der Waals surface area (Å²) in [6.45, 7) is 4.51. The van der Waals surface area contributed by atoms with Gasteiger partial charge in [-0.05, 0) is 38.4 Å². The summed E-state index contributed by atoms with van der Waals surface area (Å²) in [6, 6.07) is 8.44. The minimum absolute atomic E-state index is 0. The summed E-state index contributed by atoms with van der Waals surface area (Å²) in [5.74, 6) is -0.180. The third kappa shape index (κ3) is 4.53. The number of aryl methyl sites for hydroxylation is 1. The van der Waals surface area contributed by atoms with Crippen molar-refractivity contribution in [1.82, 2.24) is 25.6 Å². The number of piperidine rings is 1. The maximum atomic E-state index is 12.1. The molecule has 0 radical (unpaired) electrons. The Morgan fingerprint density at radius 2 is 2.00 bits per heavy atom. The van der Waals surface area contributed by atoms with Crippen molar-refractivity contribution in [3.05, 3.63) is 47.3 Å². The van der Waals surface area contributed by atoms with Crippen molar-refractivity contribution in [3.63, 3.8) is 0 Å². The van der Waals surface area contributed by atoms with Crippen LogP contribution in [-0.2, 0) is 6.54 Å². The van der Waals surface area contributed by atoms with Gasteiger partial charge in [0.15, 0.2) is 5.69 Å². The van der Waals surface area contributed by atoms with Crippen LogP contribution >= 0.6 is 12.4 Å². The van der Waals surface area contributed by atoms with E-state index >= 15 is 0 Å². The van der Waals surface area contributed by atoms with Crippen LogP contribution in [0.4, 0.5) is 0 Å². The average Bonchev–Trinajstić information content (AvgIpc) is 3.05. The fourth-order valence-electron chi connectivity index (χ4n) is 2.61. The molecule has 1 aromatic carbocycles. The SMILES string of the molecule is Cc1ccc(CNC(=O)c2cn(C3CCNCC3)nn2)cc1.Cl. The predicted octanol–water partition coefficient (Wildman–Crippen LogP) is 1.86. The molecule has 0 saturated carbocycles. The summed E-state index contributed by atoms with van der Waals surface area (Å²) in [7, 11) is 0. The normalized spacial score (nSPS) is 15.0. The number of carbonyl (C=O) groups is 1. The van der Waals surface area contributed by atoms with Crippen LogP contribution in [0.5, 0.6) is 0 Å². The van der Waals surface area contributed by atoms with Crippen molar-refractivity contribution in [2.75, 3.05) is 13.1 Å². The van der Waals surface area contributed by atoms with Gasteiger partial charge < -0.3 is 10.6 Å². The van der Waals surface area contributed by atoms with Crippen molar-refractivity contribution in [1.29, 1.82) is 0 Å². The zero-order valence-electron chi connectivity index (χ0n) is 13.2. The van der Waals surface area contributed by atoms with Crippen LogP contribution in [0.25, 0.3) is 0 Å². The first-order chi connectivity index (χ1) is 10.7. The second-order valence-electron chi connectivity index (χ2n) is 5.73. The highest BCUT2D eigenvalue weighted by Gasteiger charge is 2.18. The van der Waals surface area contributed by atoms with Gasteiger partial charge in [0.1, 0.15) is 0 Å². The number of carbonyl (C=O) groups excluding carboxylic acids is 1. The van der Waals surface area contributed by atoms with Gasteiger partial charge in [-0.25, -0.2) is 4.68 Å². The highest BCUT2D eigenvalue weighted by Crippen LogP contribution is 2.17. The lowest BCUT2D eigenvalue weighted by Crippen LogP contribution is -2.29. The molecule has 7 heteroatoms. The lowest BCUT2D eigenvalue weighted by atomic mass is 10.1. The van der Waals surface area contributed by atoms with Gasteiger partial charge in [-0.1, -0.05) is 35.0 Å². The molecule has 0 aliphatic carbocycles. The van der Waals surface area contributed by atoms with E-state index in [0.717, 1.165) is 31.5 Å². The first-order valence-corrected chi connectivity index (χ1v) is 7.68. The van der Waals surface area contributed by atoms with Crippen LogP contribution in [0.2, 0.25) is 0 Å². The smallest absolute Gasteiger partial charge is 0.273 e. The number of nitrogens with zero attached hydrogens (tertiary/aromatic N) is 3. The molecule has 1 aliphatic rings. The summed E-state index contributed by atoms with van der Waals surface area (Å²) in [5, 5.41) is 14.3. The van der Waals surface area contributed by atoms with Gasteiger partial charge in [-0.2, -0.15) is 0 Å². The average molecular weight is 336 g/mol. The van der Waals surface area contributed by atoms with Crippen molar-refractivity contribution in [2.45, 2.75) is 32.4 Å². The van der Waals surface area contributed by atoms with E-state index in [-0.39, 0.29) is 18.3 Å². The predicted molar refractivity (Wildman–Crippen MR) is 90.8 cm³/mol. The number of aromatic nitrogens is 3. The van der Waals surface area contributed by atoms with E-state index in [9.17, 15) is 4.79 Å². The van der Waals surface area contributed by atoms with E-state index in [1.807, 2.05) is 35.9 Å². The van der Waals surface area contributed by atoms with Crippen molar-refractivity contribution >= 4 is 18.3 Å².